The van der Waals surface area contributed by atoms with Crippen LogP contribution in [0.5, 0.6) is 0 Å². The van der Waals surface area contributed by atoms with Crippen molar-refractivity contribution in [3.63, 3.8) is 0 Å². The molecule has 4 heteroatoms. The maximum atomic E-state index is 4.35. The fraction of sp³-hybridized carbons (Fsp3) is 0.727. The molecule has 1 aliphatic heterocycles. The van der Waals surface area contributed by atoms with Gasteiger partial charge in [-0.05, 0) is 33.4 Å². The molecule has 84 valence electrons. The summed E-state index contributed by atoms with van der Waals surface area (Å²) in [7, 11) is 0. The van der Waals surface area contributed by atoms with Gasteiger partial charge in [0.05, 0.1) is 6.54 Å². The Balaban J connectivity index is 1.96. The second-order valence-corrected chi connectivity index (χ2v) is 5.78. The molecule has 0 amide bonds. The highest BCUT2D eigenvalue weighted by molar-refractivity contribution is 7.09. The van der Waals surface area contributed by atoms with Gasteiger partial charge in [-0.3, -0.25) is 4.90 Å². The van der Waals surface area contributed by atoms with E-state index in [2.05, 4.69) is 34.4 Å². The van der Waals surface area contributed by atoms with Crippen LogP contribution in [0.4, 0.5) is 0 Å². The molecule has 1 aromatic rings. The summed E-state index contributed by atoms with van der Waals surface area (Å²) >= 11 is 1.75. The lowest BCUT2D eigenvalue weighted by Gasteiger charge is -2.29. The van der Waals surface area contributed by atoms with Crippen LogP contribution in [0.1, 0.15) is 25.3 Å². The maximum Gasteiger partial charge on any atom is 0.107 e. The summed E-state index contributed by atoms with van der Waals surface area (Å²) in [5.74, 6) is 0. The molecule has 1 aromatic heterocycles. The molecule has 0 bridgehead atoms. The number of hydrogen-bond acceptors (Lipinski definition) is 4. The second kappa shape index (κ2) is 4.60. The SMILES string of the molecule is CC1(C)CN(Cc2nccs2)CCCN1. The Bertz CT molecular complexity index is 295. The molecule has 0 spiro atoms. The number of aromatic nitrogens is 1. The Morgan fingerprint density at radius 2 is 2.47 bits per heavy atom. The van der Waals surface area contributed by atoms with Crippen molar-refractivity contribution in [1.29, 1.82) is 0 Å². The smallest absolute Gasteiger partial charge is 0.107 e. The minimum Gasteiger partial charge on any atom is -0.310 e. The van der Waals surface area contributed by atoms with Gasteiger partial charge in [0.15, 0.2) is 0 Å². The number of hydrogen-bond donors (Lipinski definition) is 1. The third kappa shape index (κ3) is 3.26. The largest absolute Gasteiger partial charge is 0.310 e. The van der Waals surface area contributed by atoms with Crippen molar-refractivity contribution >= 4 is 11.3 Å². The molecule has 0 radical (unpaired) electrons. The van der Waals surface area contributed by atoms with Crippen molar-refractivity contribution in [2.75, 3.05) is 19.6 Å². The molecular weight excluding hydrogens is 206 g/mol. The van der Waals surface area contributed by atoms with Gasteiger partial charge in [0.2, 0.25) is 0 Å². The van der Waals surface area contributed by atoms with E-state index < -0.39 is 0 Å². The van der Waals surface area contributed by atoms with Gasteiger partial charge in [0.25, 0.3) is 0 Å². The first kappa shape index (κ1) is 11.0. The minimum atomic E-state index is 0.230. The summed E-state index contributed by atoms with van der Waals surface area (Å²) in [6, 6.07) is 0. The summed E-state index contributed by atoms with van der Waals surface area (Å²) in [4.78, 5) is 6.84. The molecule has 3 nitrogen and oxygen atoms in total. The lowest BCUT2D eigenvalue weighted by Crippen LogP contribution is -2.46. The van der Waals surface area contributed by atoms with E-state index in [1.165, 1.54) is 18.0 Å². The monoisotopic (exact) mass is 225 g/mol. The van der Waals surface area contributed by atoms with Crippen LogP contribution in [-0.2, 0) is 6.54 Å². The first-order chi connectivity index (χ1) is 7.16. The molecule has 2 heterocycles. The van der Waals surface area contributed by atoms with E-state index in [4.69, 9.17) is 0 Å². The topological polar surface area (TPSA) is 28.2 Å². The van der Waals surface area contributed by atoms with Gasteiger partial charge in [-0.2, -0.15) is 0 Å². The van der Waals surface area contributed by atoms with Gasteiger partial charge in [-0.1, -0.05) is 0 Å². The average molecular weight is 225 g/mol. The van der Waals surface area contributed by atoms with Crippen LogP contribution < -0.4 is 5.32 Å². The van der Waals surface area contributed by atoms with Crippen molar-refractivity contribution < 1.29 is 0 Å². The number of thiazole rings is 1. The molecular formula is C11H19N3S. The third-order valence-electron chi connectivity index (χ3n) is 2.72. The van der Waals surface area contributed by atoms with Crippen LogP contribution >= 0.6 is 11.3 Å². The Kier molecular flexibility index (Phi) is 3.38. The quantitative estimate of drug-likeness (QED) is 0.830. The van der Waals surface area contributed by atoms with Crippen LogP contribution in [0.2, 0.25) is 0 Å². The van der Waals surface area contributed by atoms with Crippen LogP contribution in [0.25, 0.3) is 0 Å². The first-order valence-corrected chi connectivity index (χ1v) is 6.39. The highest BCUT2D eigenvalue weighted by atomic mass is 32.1. The summed E-state index contributed by atoms with van der Waals surface area (Å²) in [6.45, 7) is 8.95. The van der Waals surface area contributed by atoms with E-state index in [9.17, 15) is 0 Å². The van der Waals surface area contributed by atoms with Gasteiger partial charge in [-0.15, -0.1) is 11.3 Å². The summed E-state index contributed by atoms with van der Waals surface area (Å²) in [5.41, 5.74) is 0.230. The molecule has 1 aliphatic rings. The fourth-order valence-electron chi connectivity index (χ4n) is 2.08. The highest BCUT2D eigenvalue weighted by Crippen LogP contribution is 2.14. The van der Waals surface area contributed by atoms with Crippen molar-refractivity contribution in [2.24, 2.45) is 0 Å². The number of nitrogens with one attached hydrogen (secondary N) is 1. The zero-order valence-electron chi connectivity index (χ0n) is 9.49. The molecule has 1 saturated heterocycles. The third-order valence-corrected chi connectivity index (χ3v) is 3.48. The van der Waals surface area contributed by atoms with Gasteiger partial charge in [0, 0.05) is 23.7 Å². The van der Waals surface area contributed by atoms with E-state index in [1.54, 1.807) is 11.3 Å². The number of rotatable bonds is 2. The fourth-order valence-corrected chi connectivity index (χ4v) is 2.74. The van der Waals surface area contributed by atoms with Gasteiger partial charge in [-0.25, -0.2) is 4.98 Å². The minimum absolute atomic E-state index is 0.230. The molecule has 1 N–H and O–H groups in total. The predicted molar refractivity (Wildman–Crippen MR) is 64.1 cm³/mol. The molecule has 15 heavy (non-hydrogen) atoms. The average Bonchev–Trinajstić information content (AvgIpc) is 2.58. The standard InChI is InChI=1S/C11H19N3S/c1-11(2)9-14(6-3-4-13-11)8-10-12-5-7-15-10/h5,7,13H,3-4,6,8-9H2,1-2H3. The molecule has 0 aromatic carbocycles. The van der Waals surface area contributed by atoms with Gasteiger partial charge in [0.1, 0.15) is 5.01 Å². The van der Waals surface area contributed by atoms with Gasteiger partial charge >= 0.3 is 0 Å². The van der Waals surface area contributed by atoms with E-state index in [0.29, 0.717) is 0 Å². The van der Waals surface area contributed by atoms with Gasteiger partial charge < -0.3 is 5.32 Å². The van der Waals surface area contributed by atoms with E-state index in [-0.39, 0.29) is 5.54 Å². The van der Waals surface area contributed by atoms with E-state index in [1.807, 2.05) is 6.20 Å². The van der Waals surface area contributed by atoms with Crippen molar-refractivity contribution in [3.8, 4) is 0 Å². The Labute approximate surface area is 95.5 Å². The summed E-state index contributed by atoms with van der Waals surface area (Å²) in [5, 5.41) is 6.85. The maximum absolute atomic E-state index is 4.35. The predicted octanol–water partition coefficient (Wildman–Crippen LogP) is 1.72. The lowest BCUT2D eigenvalue weighted by atomic mass is 10.1. The normalized spacial score (nSPS) is 22.5. The molecule has 2 rings (SSSR count). The van der Waals surface area contributed by atoms with Crippen molar-refractivity contribution in [2.45, 2.75) is 32.4 Å². The van der Waals surface area contributed by atoms with Crippen LogP contribution in [-0.4, -0.2) is 35.1 Å². The van der Waals surface area contributed by atoms with E-state index in [0.717, 1.165) is 19.6 Å². The Morgan fingerprint density at radius 1 is 1.60 bits per heavy atom. The Hall–Kier alpha value is -0.450. The molecule has 0 unspecified atom stereocenters. The first-order valence-electron chi connectivity index (χ1n) is 5.51. The zero-order chi connectivity index (χ0) is 10.7. The zero-order valence-corrected chi connectivity index (χ0v) is 10.3. The van der Waals surface area contributed by atoms with Crippen LogP contribution in [0.3, 0.4) is 0 Å². The van der Waals surface area contributed by atoms with Crippen LogP contribution in [0.15, 0.2) is 11.6 Å². The Morgan fingerprint density at radius 3 is 3.20 bits per heavy atom. The number of nitrogens with zero attached hydrogens (tertiary/aromatic N) is 2. The molecule has 0 atom stereocenters. The highest BCUT2D eigenvalue weighted by Gasteiger charge is 2.24. The van der Waals surface area contributed by atoms with Crippen LogP contribution in [0, 0.1) is 0 Å². The van der Waals surface area contributed by atoms with Crippen molar-refractivity contribution in [3.05, 3.63) is 16.6 Å². The lowest BCUT2D eigenvalue weighted by molar-refractivity contribution is 0.223. The summed E-state index contributed by atoms with van der Waals surface area (Å²) in [6.07, 6.45) is 3.12. The van der Waals surface area contributed by atoms with Crippen molar-refractivity contribution in [1.82, 2.24) is 15.2 Å². The molecule has 1 fully saturated rings. The molecule has 0 aliphatic carbocycles. The second-order valence-electron chi connectivity index (χ2n) is 4.80. The van der Waals surface area contributed by atoms with E-state index >= 15 is 0 Å². The summed E-state index contributed by atoms with van der Waals surface area (Å²) < 4.78 is 0. The molecule has 0 saturated carbocycles.